The molecule has 1 rings (SSSR count). The summed E-state index contributed by atoms with van der Waals surface area (Å²) in [4.78, 5) is 21.4. The molecule has 74 valence electrons. The summed E-state index contributed by atoms with van der Waals surface area (Å²) in [6, 6.07) is 1.77. The molecule has 0 saturated heterocycles. The number of carbonyl (C=O) groups excluding carboxylic acids is 1. The summed E-state index contributed by atoms with van der Waals surface area (Å²) < 4.78 is 0. The molecule has 0 aliphatic carbocycles. The summed E-state index contributed by atoms with van der Waals surface area (Å²) in [7, 11) is 0. The van der Waals surface area contributed by atoms with E-state index in [1.54, 1.807) is 11.4 Å². The molecule has 0 spiro atoms. The highest BCUT2D eigenvalue weighted by atomic mass is 32.1. The molecule has 0 radical (unpaired) electrons. The fourth-order valence-corrected chi connectivity index (χ4v) is 1.48. The number of carbonyl (C=O) groups is 2. The van der Waals surface area contributed by atoms with Crippen molar-refractivity contribution >= 4 is 29.3 Å². The zero-order chi connectivity index (χ0) is 10.6. The Morgan fingerprint density at radius 2 is 2.29 bits per heavy atom. The second-order valence-electron chi connectivity index (χ2n) is 2.60. The number of carboxylic acid groups (broad SMARTS) is 1. The standard InChI is InChI=1S/C9H9NO3S/c1-6(11)10-8(9(12)13)4-7-2-3-14-5-7/h2-5H,1H3,(H,10,11)(H,12,13). The van der Waals surface area contributed by atoms with Gasteiger partial charge in [0.25, 0.3) is 0 Å². The van der Waals surface area contributed by atoms with E-state index in [9.17, 15) is 9.59 Å². The Morgan fingerprint density at radius 1 is 1.57 bits per heavy atom. The van der Waals surface area contributed by atoms with E-state index in [-0.39, 0.29) is 5.70 Å². The van der Waals surface area contributed by atoms with Gasteiger partial charge in [0.05, 0.1) is 0 Å². The maximum atomic E-state index is 10.7. The zero-order valence-corrected chi connectivity index (χ0v) is 8.30. The zero-order valence-electron chi connectivity index (χ0n) is 7.48. The van der Waals surface area contributed by atoms with Crippen LogP contribution < -0.4 is 5.32 Å². The maximum Gasteiger partial charge on any atom is 0.352 e. The predicted molar refractivity (Wildman–Crippen MR) is 53.7 cm³/mol. The number of rotatable bonds is 3. The van der Waals surface area contributed by atoms with Gasteiger partial charge in [0, 0.05) is 6.92 Å². The van der Waals surface area contributed by atoms with Crippen molar-refractivity contribution in [1.82, 2.24) is 5.32 Å². The van der Waals surface area contributed by atoms with Gasteiger partial charge >= 0.3 is 5.97 Å². The molecular weight excluding hydrogens is 202 g/mol. The third-order valence-electron chi connectivity index (χ3n) is 1.40. The van der Waals surface area contributed by atoms with Crippen molar-refractivity contribution in [3.63, 3.8) is 0 Å². The SMILES string of the molecule is CC(=O)NC(=Cc1ccsc1)C(=O)O. The second kappa shape index (κ2) is 4.57. The van der Waals surface area contributed by atoms with Crippen molar-refractivity contribution in [1.29, 1.82) is 0 Å². The number of aliphatic carboxylic acids is 1. The van der Waals surface area contributed by atoms with Crippen molar-refractivity contribution in [2.75, 3.05) is 0 Å². The second-order valence-corrected chi connectivity index (χ2v) is 3.38. The lowest BCUT2D eigenvalue weighted by atomic mass is 10.2. The molecule has 0 aromatic carbocycles. The largest absolute Gasteiger partial charge is 0.477 e. The fourth-order valence-electron chi connectivity index (χ4n) is 0.865. The van der Waals surface area contributed by atoms with Crippen LogP contribution in [0.15, 0.2) is 22.5 Å². The van der Waals surface area contributed by atoms with Gasteiger partial charge in [-0.2, -0.15) is 11.3 Å². The van der Waals surface area contributed by atoms with Crippen LogP contribution in [0.4, 0.5) is 0 Å². The van der Waals surface area contributed by atoms with Gasteiger partial charge in [-0.05, 0) is 28.5 Å². The molecule has 0 bridgehead atoms. The van der Waals surface area contributed by atoms with Gasteiger partial charge in [-0.25, -0.2) is 4.79 Å². The Hall–Kier alpha value is -1.62. The van der Waals surface area contributed by atoms with Crippen LogP contribution in [0.25, 0.3) is 6.08 Å². The van der Waals surface area contributed by atoms with Crippen LogP contribution in [0.2, 0.25) is 0 Å². The minimum atomic E-state index is -1.15. The summed E-state index contributed by atoms with van der Waals surface area (Å²) in [5.41, 5.74) is 0.650. The van der Waals surface area contributed by atoms with Crippen LogP contribution in [0.5, 0.6) is 0 Å². The van der Waals surface area contributed by atoms with Gasteiger partial charge in [-0.15, -0.1) is 0 Å². The van der Waals surface area contributed by atoms with Crippen LogP contribution in [0.1, 0.15) is 12.5 Å². The van der Waals surface area contributed by atoms with Crippen molar-refractivity contribution in [2.45, 2.75) is 6.92 Å². The first-order chi connectivity index (χ1) is 6.59. The maximum absolute atomic E-state index is 10.7. The highest BCUT2D eigenvalue weighted by Crippen LogP contribution is 2.09. The molecule has 1 aromatic heterocycles. The van der Waals surface area contributed by atoms with E-state index >= 15 is 0 Å². The summed E-state index contributed by atoms with van der Waals surface area (Å²) in [5.74, 6) is -1.54. The highest BCUT2D eigenvalue weighted by Gasteiger charge is 2.08. The number of carboxylic acids is 1. The molecule has 1 aromatic rings. The number of thiophene rings is 1. The molecule has 0 unspecified atom stereocenters. The summed E-state index contributed by atoms with van der Waals surface area (Å²) in [6.07, 6.45) is 1.42. The van der Waals surface area contributed by atoms with Crippen molar-refractivity contribution in [3.05, 3.63) is 28.1 Å². The molecule has 5 heteroatoms. The Kier molecular flexibility index (Phi) is 3.41. The van der Waals surface area contributed by atoms with Crippen molar-refractivity contribution in [3.8, 4) is 0 Å². The third-order valence-corrected chi connectivity index (χ3v) is 2.10. The van der Waals surface area contributed by atoms with Gasteiger partial charge in [0.15, 0.2) is 0 Å². The number of nitrogens with one attached hydrogen (secondary N) is 1. The first-order valence-corrected chi connectivity index (χ1v) is 4.78. The highest BCUT2D eigenvalue weighted by molar-refractivity contribution is 7.08. The molecule has 0 saturated carbocycles. The normalized spacial score (nSPS) is 11.1. The molecule has 14 heavy (non-hydrogen) atoms. The van der Waals surface area contributed by atoms with Gasteiger partial charge in [-0.1, -0.05) is 0 Å². The molecule has 0 atom stereocenters. The lowest BCUT2D eigenvalue weighted by molar-refractivity contribution is -0.134. The average Bonchev–Trinajstić information content (AvgIpc) is 2.54. The number of amides is 1. The van der Waals surface area contributed by atoms with Crippen LogP contribution in [0.3, 0.4) is 0 Å². The van der Waals surface area contributed by atoms with E-state index in [2.05, 4.69) is 5.32 Å². The van der Waals surface area contributed by atoms with E-state index in [0.29, 0.717) is 0 Å². The Bertz CT molecular complexity index is 367. The lowest BCUT2D eigenvalue weighted by Gasteiger charge is -2.01. The average molecular weight is 211 g/mol. The first-order valence-electron chi connectivity index (χ1n) is 3.84. The molecule has 1 amide bonds. The Labute approximate surface area is 84.9 Å². The molecule has 1 heterocycles. The van der Waals surface area contributed by atoms with Crippen LogP contribution >= 0.6 is 11.3 Å². The minimum Gasteiger partial charge on any atom is -0.477 e. The molecular formula is C9H9NO3S. The number of hydrogen-bond donors (Lipinski definition) is 2. The van der Waals surface area contributed by atoms with E-state index in [4.69, 9.17) is 5.11 Å². The third kappa shape index (κ3) is 3.02. The van der Waals surface area contributed by atoms with E-state index in [1.165, 1.54) is 24.3 Å². The van der Waals surface area contributed by atoms with Gasteiger partial charge in [0.2, 0.25) is 5.91 Å². The molecule has 0 aliphatic rings. The molecule has 4 nitrogen and oxygen atoms in total. The van der Waals surface area contributed by atoms with Crippen molar-refractivity contribution < 1.29 is 14.7 Å². The quantitative estimate of drug-likeness (QED) is 0.741. The van der Waals surface area contributed by atoms with Crippen molar-refractivity contribution in [2.24, 2.45) is 0 Å². The summed E-state index contributed by atoms with van der Waals surface area (Å²) in [6.45, 7) is 1.27. The first kappa shape index (κ1) is 10.5. The topological polar surface area (TPSA) is 66.4 Å². The van der Waals surface area contributed by atoms with Crippen LogP contribution in [-0.2, 0) is 9.59 Å². The smallest absolute Gasteiger partial charge is 0.352 e. The van der Waals surface area contributed by atoms with Gasteiger partial charge in [0.1, 0.15) is 5.70 Å². The van der Waals surface area contributed by atoms with Crippen LogP contribution in [-0.4, -0.2) is 17.0 Å². The van der Waals surface area contributed by atoms with Crippen LogP contribution in [0, 0.1) is 0 Å². The Balaban J connectivity index is 2.88. The van der Waals surface area contributed by atoms with Gasteiger partial charge < -0.3 is 10.4 Å². The van der Waals surface area contributed by atoms with Gasteiger partial charge in [-0.3, -0.25) is 4.79 Å². The molecule has 0 fully saturated rings. The van der Waals surface area contributed by atoms with E-state index in [1.807, 2.05) is 5.38 Å². The summed E-state index contributed by atoms with van der Waals surface area (Å²) >= 11 is 1.46. The monoisotopic (exact) mass is 211 g/mol. The van der Waals surface area contributed by atoms with E-state index < -0.39 is 11.9 Å². The minimum absolute atomic E-state index is 0.115. The molecule has 2 N–H and O–H groups in total. The number of hydrogen-bond acceptors (Lipinski definition) is 3. The fraction of sp³-hybridized carbons (Fsp3) is 0.111. The Morgan fingerprint density at radius 3 is 2.71 bits per heavy atom. The predicted octanol–water partition coefficient (Wildman–Crippen LogP) is 1.31. The summed E-state index contributed by atoms with van der Waals surface area (Å²) in [5, 5.41) is 14.6. The lowest BCUT2D eigenvalue weighted by Crippen LogP contribution is -2.24. The molecule has 0 aliphatic heterocycles. The van der Waals surface area contributed by atoms with E-state index in [0.717, 1.165) is 5.56 Å².